The minimum atomic E-state index is 1.00. The van der Waals surface area contributed by atoms with Crippen molar-refractivity contribution < 1.29 is 0 Å². The molecule has 1 heteroatoms. The SMILES string of the molecule is c1ccc2c(c1)Cc1c-2cccc1-c1cccc2c1sc1c(-c3cccc4c3Cc3ccccc3-4)cccc12. The summed E-state index contributed by atoms with van der Waals surface area (Å²) < 4.78 is 2.78. The molecule has 0 spiro atoms. The molecule has 0 unspecified atom stereocenters. The highest BCUT2D eigenvalue weighted by atomic mass is 32.1. The zero-order valence-electron chi connectivity index (χ0n) is 21.4. The van der Waals surface area contributed by atoms with Crippen molar-refractivity contribution >= 4 is 31.5 Å². The lowest BCUT2D eigenvalue weighted by Crippen LogP contribution is -1.88. The summed E-state index contributed by atoms with van der Waals surface area (Å²) in [6.45, 7) is 0. The highest BCUT2D eigenvalue weighted by molar-refractivity contribution is 7.26. The molecule has 0 saturated carbocycles. The zero-order chi connectivity index (χ0) is 25.5. The van der Waals surface area contributed by atoms with Crippen LogP contribution in [-0.2, 0) is 12.8 Å². The topological polar surface area (TPSA) is 0 Å². The van der Waals surface area contributed by atoms with Crippen molar-refractivity contribution in [1.29, 1.82) is 0 Å². The van der Waals surface area contributed by atoms with E-state index < -0.39 is 0 Å². The van der Waals surface area contributed by atoms with Gasteiger partial charge in [0.2, 0.25) is 0 Å². The molecule has 0 N–H and O–H groups in total. The van der Waals surface area contributed by atoms with Gasteiger partial charge in [0.1, 0.15) is 0 Å². The van der Waals surface area contributed by atoms with Gasteiger partial charge in [-0.15, -0.1) is 11.3 Å². The Morgan fingerprint density at radius 2 is 0.692 bits per heavy atom. The van der Waals surface area contributed by atoms with E-state index in [1.165, 1.54) is 86.9 Å². The summed E-state index contributed by atoms with van der Waals surface area (Å²) in [5.41, 5.74) is 16.8. The fraction of sp³-hybridized carbons (Fsp3) is 0.0526. The monoisotopic (exact) mass is 512 g/mol. The van der Waals surface area contributed by atoms with Gasteiger partial charge < -0.3 is 0 Å². The van der Waals surface area contributed by atoms with Crippen LogP contribution >= 0.6 is 11.3 Å². The van der Waals surface area contributed by atoms with Crippen LogP contribution in [0, 0.1) is 0 Å². The molecular formula is C38H24S. The highest BCUT2D eigenvalue weighted by Crippen LogP contribution is 2.49. The number of thiophene rings is 1. The molecule has 0 aliphatic heterocycles. The summed E-state index contributed by atoms with van der Waals surface area (Å²) in [5, 5.41) is 2.72. The number of hydrogen-bond acceptors (Lipinski definition) is 1. The van der Waals surface area contributed by atoms with Crippen LogP contribution < -0.4 is 0 Å². The summed E-state index contributed by atoms with van der Waals surface area (Å²) in [6, 6.07) is 45.2. The first-order chi connectivity index (χ1) is 19.3. The van der Waals surface area contributed by atoms with Gasteiger partial charge in [0.25, 0.3) is 0 Å². The van der Waals surface area contributed by atoms with Crippen LogP contribution in [-0.4, -0.2) is 0 Å². The molecule has 0 atom stereocenters. The second-order valence-electron chi connectivity index (χ2n) is 10.8. The van der Waals surface area contributed by atoms with Crippen LogP contribution in [0.5, 0.6) is 0 Å². The minimum Gasteiger partial charge on any atom is -0.134 e. The Morgan fingerprint density at radius 3 is 1.18 bits per heavy atom. The normalized spacial score (nSPS) is 12.9. The van der Waals surface area contributed by atoms with Gasteiger partial charge >= 0.3 is 0 Å². The number of benzene rings is 6. The van der Waals surface area contributed by atoms with Gasteiger partial charge in [-0.1, -0.05) is 121 Å². The first-order valence-electron chi connectivity index (χ1n) is 13.7. The van der Waals surface area contributed by atoms with Crippen molar-refractivity contribution in [3.63, 3.8) is 0 Å². The average Bonchev–Trinajstić information content (AvgIpc) is 3.68. The van der Waals surface area contributed by atoms with Crippen LogP contribution in [0.1, 0.15) is 22.3 Å². The third-order valence-electron chi connectivity index (χ3n) is 8.81. The van der Waals surface area contributed by atoms with Crippen LogP contribution in [0.3, 0.4) is 0 Å². The van der Waals surface area contributed by atoms with Crippen molar-refractivity contribution in [2.45, 2.75) is 12.8 Å². The predicted molar refractivity (Wildman–Crippen MR) is 167 cm³/mol. The lowest BCUT2D eigenvalue weighted by molar-refractivity contribution is 1.27. The Labute approximate surface area is 231 Å². The summed E-state index contributed by atoms with van der Waals surface area (Å²) in [5.74, 6) is 0. The summed E-state index contributed by atoms with van der Waals surface area (Å²) in [6.07, 6.45) is 2.01. The molecule has 0 nitrogen and oxygen atoms in total. The molecule has 0 bridgehead atoms. The Morgan fingerprint density at radius 1 is 0.333 bits per heavy atom. The molecule has 1 heterocycles. The van der Waals surface area contributed by atoms with Crippen molar-refractivity contribution in [2.75, 3.05) is 0 Å². The molecule has 0 radical (unpaired) electrons. The molecule has 2 aliphatic rings. The van der Waals surface area contributed by atoms with Gasteiger partial charge in [-0.3, -0.25) is 0 Å². The second kappa shape index (κ2) is 8.02. The molecule has 0 amide bonds. The van der Waals surface area contributed by atoms with Crippen molar-refractivity contribution in [3.05, 3.63) is 144 Å². The number of fused-ring (bicyclic) bond motifs is 9. The molecule has 6 aromatic carbocycles. The largest absolute Gasteiger partial charge is 0.134 e. The standard InChI is InChI=1S/C38H24S/c1-3-11-25-23(9-1)21-35-27(25)13-5-15-29(35)31-17-7-19-33-34-20-8-18-32(38(34)39-37(31)33)30-16-6-14-28-26-12-4-2-10-24(26)22-36(28)30/h1-20H,21-22H2. The number of hydrogen-bond donors (Lipinski definition) is 0. The van der Waals surface area contributed by atoms with E-state index in [0.29, 0.717) is 0 Å². The Balaban J connectivity index is 1.27. The number of rotatable bonds is 2. The van der Waals surface area contributed by atoms with Crippen molar-refractivity contribution in [1.82, 2.24) is 0 Å². The van der Waals surface area contributed by atoms with E-state index in [1.54, 1.807) is 0 Å². The summed E-state index contributed by atoms with van der Waals surface area (Å²) in [7, 11) is 0. The summed E-state index contributed by atoms with van der Waals surface area (Å²) in [4.78, 5) is 0. The second-order valence-corrected chi connectivity index (χ2v) is 11.8. The molecular weight excluding hydrogens is 488 g/mol. The van der Waals surface area contributed by atoms with Gasteiger partial charge in [0, 0.05) is 20.2 Å². The van der Waals surface area contributed by atoms with E-state index in [9.17, 15) is 0 Å². The first kappa shape index (κ1) is 21.5. The molecule has 1 aromatic heterocycles. The quantitative estimate of drug-likeness (QED) is 0.216. The van der Waals surface area contributed by atoms with Gasteiger partial charge in [0.15, 0.2) is 0 Å². The molecule has 0 saturated heterocycles. The van der Waals surface area contributed by atoms with E-state index in [1.807, 2.05) is 11.3 Å². The molecule has 9 rings (SSSR count). The van der Waals surface area contributed by atoms with Crippen LogP contribution in [0.2, 0.25) is 0 Å². The van der Waals surface area contributed by atoms with Crippen LogP contribution in [0.4, 0.5) is 0 Å². The Bertz CT molecular complexity index is 1970. The molecule has 39 heavy (non-hydrogen) atoms. The van der Waals surface area contributed by atoms with E-state index in [2.05, 4.69) is 121 Å². The maximum atomic E-state index is 2.33. The minimum absolute atomic E-state index is 1.00. The fourth-order valence-electron chi connectivity index (χ4n) is 7.06. The van der Waals surface area contributed by atoms with Gasteiger partial charge in [0.05, 0.1) is 0 Å². The maximum Gasteiger partial charge on any atom is 0.0434 e. The van der Waals surface area contributed by atoms with E-state index >= 15 is 0 Å². The molecule has 0 fully saturated rings. The third-order valence-corrected chi connectivity index (χ3v) is 10.1. The van der Waals surface area contributed by atoms with E-state index in [4.69, 9.17) is 0 Å². The van der Waals surface area contributed by atoms with Crippen molar-refractivity contribution in [3.8, 4) is 44.5 Å². The molecule has 2 aliphatic carbocycles. The lowest BCUT2D eigenvalue weighted by atomic mass is 9.93. The predicted octanol–water partition coefficient (Wildman–Crippen LogP) is 10.5. The average molecular weight is 513 g/mol. The fourth-order valence-corrected chi connectivity index (χ4v) is 8.42. The molecule has 182 valence electrons. The van der Waals surface area contributed by atoms with Gasteiger partial charge in [-0.2, -0.15) is 0 Å². The molecule has 7 aromatic rings. The highest BCUT2D eigenvalue weighted by Gasteiger charge is 2.24. The smallest absolute Gasteiger partial charge is 0.0434 e. The summed E-state index contributed by atoms with van der Waals surface area (Å²) >= 11 is 1.96. The lowest BCUT2D eigenvalue weighted by Gasteiger charge is -2.10. The maximum absolute atomic E-state index is 2.33. The third kappa shape index (κ3) is 3.00. The Kier molecular flexibility index (Phi) is 4.42. The van der Waals surface area contributed by atoms with E-state index in [0.717, 1.165) is 12.8 Å². The first-order valence-corrected chi connectivity index (χ1v) is 14.5. The van der Waals surface area contributed by atoms with Crippen LogP contribution in [0.25, 0.3) is 64.7 Å². The van der Waals surface area contributed by atoms with Gasteiger partial charge in [-0.25, -0.2) is 0 Å². The van der Waals surface area contributed by atoms with Crippen molar-refractivity contribution in [2.24, 2.45) is 0 Å². The van der Waals surface area contributed by atoms with Gasteiger partial charge in [-0.05, 0) is 79.6 Å². The zero-order valence-corrected chi connectivity index (χ0v) is 22.2. The Hall–Kier alpha value is -4.46. The van der Waals surface area contributed by atoms with E-state index in [-0.39, 0.29) is 0 Å². The van der Waals surface area contributed by atoms with Crippen LogP contribution in [0.15, 0.2) is 121 Å².